The molecular weight excluding hydrogens is 537 g/mol. The molecule has 39 heavy (non-hydrogen) atoms. The second-order valence-electron chi connectivity index (χ2n) is 12.4. The van der Waals surface area contributed by atoms with Crippen molar-refractivity contribution in [3.63, 3.8) is 0 Å². The van der Waals surface area contributed by atoms with Gasteiger partial charge in [-0.25, -0.2) is 22.9 Å². The first kappa shape index (κ1) is 25.3. The van der Waals surface area contributed by atoms with E-state index in [0.717, 1.165) is 69.6 Å². The van der Waals surface area contributed by atoms with Crippen LogP contribution in [0.25, 0.3) is 0 Å². The predicted molar refractivity (Wildman–Crippen MR) is 130 cm³/mol. The Balaban J connectivity index is 0.842. The number of sulfone groups is 1. The number of rotatable bonds is 5. The lowest BCUT2D eigenvalue weighted by Crippen LogP contribution is -2.75. The minimum Gasteiger partial charge on any atom is -0.382 e. The van der Waals surface area contributed by atoms with Crippen LogP contribution in [0.4, 0.5) is 18.0 Å². The fourth-order valence-electron chi connectivity index (χ4n) is 6.77. The Bertz CT molecular complexity index is 1410. The summed E-state index contributed by atoms with van der Waals surface area (Å²) in [5.41, 5.74) is -5.17. The average Bonchev–Trinajstić information content (AvgIpc) is 3.32. The maximum atomic E-state index is 12.9. The molecule has 7 rings (SSSR count). The molecule has 2 spiro atoms. The summed E-state index contributed by atoms with van der Waals surface area (Å²) in [6, 6.07) is 5.19. The lowest BCUT2D eigenvalue weighted by Gasteiger charge is -2.63. The monoisotopic (exact) mass is 566 g/mol. The molecule has 14 heteroatoms. The Morgan fingerprint density at radius 3 is 2.13 bits per heavy atom. The van der Waals surface area contributed by atoms with Gasteiger partial charge in [-0.05, 0) is 43.4 Å². The van der Waals surface area contributed by atoms with Crippen molar-refractivity contribution in [1.82, 2.24) is 29.5 Å². The summed E-state index contributed by atoms with van der Waals surface area (Å²) in [7, 11) is -5.34. The lowest BCUT2D eigenvalue weighted by molar-refractivity contribution is -0.120. The SMILES string of the molecule is O=C(N1CC2(CC(n3cnc(C4(O)CC4)n3)C2)C1)N1CC2(CN(Cc3ccc(S(=O)(=O)C(F)(F)F)cc3)C2)C1. The number of benzene rings is 1. The molecule has 0 bridgehead atoms. The van der Waals surface area contributed by atoms with Crippen LogP contribution in [0.3, 0.4) is 0 Å². The molecule has 3 aliphatic heterocycles. The molecule has 2 saturated carbocycles. The summed E-state index contributed by atoms with van der Waals surface area (Å²) in [6.07, 6.45) is 5.06. The van der Waals surface area contributed by atoms with Crippen molar-refractivity contribution in [1.29, 1.82) is 0 Å². The number of carbonyl (C=O) groups excluding carboxylic acids is 1. The van der Waals surface area contributed by atoms with Gasteiger partial charge in [0.2, 0.25) is 0 Å². The van der Waals surface area contributed by atoms with Crippen molar-refractivity contribution in [3.8, 4) is 0 Å². The van der Waals surface area contributed by atoms with E-state index < -0.39 is 25.8 Å². The molecule has 0 unspecified atom stereocenters. The second kappa shape index (κ2) is 7.94. The van der Waals surface area contributed by atoms with Crippen LogP contribution in [0.15, 0.2) is 35.5 Å². The van der Waals surface area contributed by atoms with Crippen LogP contribution < -0.4 is 0 Å². The topological polar surface area (TPSA) is 112 Å². The quantitative estimate of drug-likeness (QED) is 0.590. The highest BCUT2D eigenvalue weighted by Gasteiger charge is 2.58. The minimum absolute atomic E-state index is 0.0652. The first-order chi connectivity index (χ1) is 18.3. The Morgan fingerprint density at radius 2 is 1.56 bits per heavy atom. The van der Waals surface area contributed by atoms with Crippen molar-refractivity contribution in [2.45, 2.75) is 54.3 Å². The Kier molecular flexibility index (Phi) is 5.14. The van der Waals surface area contributed by atoms with Gasteiger partial charge in [0.1, 0.15) is 11.9 Å². The molecule has 0 atom stereocenters. The molecule has 2 amide bonds. The van der Waals surface area contributed by atoms with Crippen molar-refractivity contribution in [3.05, 3.63) is 42.0 Å². The third-order valence-corrected chi connectivity index (χ3v) is 10.6. The van der Waals surface area contributed by atoms with E-state index in [0.29, 0.717) is 25.5 Å². The number of alkyl halides is 3. The van der Waals surface area contributed by atoms with E-state index in [-0.39, 0.29) is 22.9 Å². The molecule has 1 N–H and O–H groups in total. The number of aliphatic hydroxyl groups is 1. The molecule has 2 aromatic rings. The zero-order valence-electron chi connectivity index (χ0n) is 21.1. The maximum Gasteiger partial charge on any atom is 0.501 e. The number of aromatic nitrogens is 3. The van der Waals surface area contributed by atoms with Crippen LogP contribution in [-0.2, 0) is 22.0 Å². The van der Waals surface area contributed by atoms with Gasteiger partial charge in [0, 0.05) is 56.6 Å². The predicted octanol–water partition coefficient (Wildman–Crippen LogP) is 2.13. The van der Waals surface area contributed by atoms with Crippen LogP contribution in [0.2, 0.25) is 0 Å². The number of amides is 2. The number of hydrogen-bond donors (Lipinski definition) is 1. The molecular formula is C25H29F3N6O4S. The van der Waals surface area contributed by atoms with E-state index in [1.807, 2.05) is 14.5 Å². The molecule has 3 saturated heterocycles. The summed E-state index contributed by atoms with van der Waals surface area (Å²) in [4.78, 5) is 22.4. The third-order valence-electron chi connectivity index (χ3n) is 9.07. The number of hydrogen-bond acceptors (Lipinski definition) is 7. The van der Waals surface area contributed by atoms with E-state index in [4.69, 9.17) is 0 Å². The number of nitrogens with zero attached hydrogens (tertiary/aromatic N) is 6. The first-order valence-corrected chi connectivity index (χ1v) is 14.6. The van der Waals surface area contributed by atoms with Gasteiger partial charge in [0.15, 0.2) is 5.82 Å². The van der Waals surface area contributed by atoms with Gasteiger partial charge in [0.25, 0.3) is 9.84 Å². The molecule has 210 valence electrons. The highest BCUT2D eigenvalue weighted by Crippen LogP contribution is 2.55. The van der Waals surface area contributed by atoms with Crippen molar-refractivity contribution >= 4 is 15.9 Å². The summed E-state index contributed by atoms with van der Waals surface area (Å²) < 4.78 is 63.1. The van der Waals surface area contributed by atoms with Gasteiger partial charge in [-0.3, -0.25) is 4.90 Å². The molecule has 5 fully saturated rings. The van der Waals surface area contributed by atoms with Gasteiger partial charge in [-0.2, -0.15) is 18.3 Å². The summed E-state index contributed by atoms with van der Waals surface area (Å²) in [5, 5.41) is 14.7. The normalized spacial score (nSPS) is 25.1. The van der Waals surface area contributed by atoms with Crippen LogP contribution in [-0.4, -0.2) is 93.8 Å². The molecule has 5 aliphatic rings. The zero-order chi connectivity index (χ0) is 27.4. The minimum atomic E-state index is -5.34. The molecule has 1 aromatic heterocycles. The Morgan fingerprint density at radius 1 is 0.974 bits per heavy atom. The standard InChI is InChI=1S/C25H29F3N6O4S/c26-25(27,28)39(37,38)19-3-1-17(2-4-19)9-31-10-23(11-31)14-33(15-23)21(35)32-12-22(13-32)7-18(8-22)34-16-29-20(30-34)24(36)5-6-24/h1-4,16,18,36H,5-15H2. The van der Waals surface area contributed by atoms with Crippen molar-refractivity contribution in [2.75, 3.05) is 39.3 Å². The third kappa shape index (κ3) is 4.05. The second-order valence-corrected chi connectivity index (χ2v) is 14.3. The van der Waals surface area contributed by atoms with Gasteiger partial charge in [-0.15, -0.1) is 0 Å². The van der Waals surface area contributed by atoms with Gasteiger partial charge >= 0.3 is 11.5 Å². The zero-order valence-corrected chi connectivity index (χ0v) is 22.0. The largest absolute Gasteiger partial charge is 0.501 e. The molecule has 10 nitrogen and oxygen atoms in total. The van der Waals surface area contributed by atoms with E-state index in [2.05, 4.69) is 15.0 Å². The van der Waals surface area contributed by atoms with Crippen LogP contribution in [0, 0.1) is 10.8 Å². The first-order valence-electron chi connectivity index (χ1n) is 13.1. The van der Waals surface area contributed by atoms with E-state index in [1.165, 1.54) is 12.1 Å². The molecule has 1 aromatic carbocycles. The van der Waals surface area contributed by atoms with Gasteiger partial charge in [0.05, 0.1) is 10.9 Å². The van der Waals surface area contributed by atoms with E-state index in [9.17, 15) is 31.5 Å². The van der Waals surface area contributed by atoms with Crippen LogP contribution >= 0.6 is 0 Å². The number of halogens is 3. The van der Waals surface area contributed by atoms with Crippen LogP contribution in [0.1, 0.15) is 43.1 Å². The molecule has 0 radical (unpaired) electrons. The number of likely N-dealkylation sites (tertiary alicyclic amines) is 3. The average molecular weight is 567 g/mol. The highest BCUT2D eigenvalue weighted by molar-refractivity contribution is 7.92. The summed E-state index contributed by atoms with van der Waals surface area (Å²) in [6.45, 7) is 5.00. The number of carbonyl (C=O) groups is 1. The fraction of sp³-hybridized carbons (Fsp3) is 0.640. The molecule has 4 heterocycles. The van der Waals surface area contributed by atoms with Crippen molar-refractivity contribution in [2.24, 2.45) is 10.8 Å². The Labute approximate surface area is 223 Å². The smallest absolute Gasteiger partial charge is 0.382 e. The van der Waals surface area contributed by atoms with Crippen LogP contribution in [0.5, 0.6) is 0 Å². The van der Waals surface area contributed by atoms with E-state index in [1.54, 1.807) is 6.33 Å². The number of urea groups is 1. The maximum absolute atomic E-state index is 12.9. The summed E-state index contributed by atoms with van der Waals surface area (Å²) in [5.74, 6) is 0.518. The fourth-order valence-corrected chi connectivity index (χ4v) is 7.53. The van der Waals surface area contributed by atoms with Gasteiger partial charge in [-0.1, -0.05) is 12.1 Å². The summed E-state index contributed by atoms with van der Waals surface area (Å²) >= 11 is 0. The highest BCUT2D eigenvalue weighted by atomic mass is 32.2. The Hall–Kier alpha value is -2.71. The lowest BCUT2D eigenvalue weighted by atomic mass is 9.60. The molecule has 2 aliphatic carbocycles. The van der Waals surface area contributed by atoms with E-state index >= 15 is 0 Å². The van der Waals surface area contributed by atoms with Gasteiger partial charge < -0.3 is 14.9 Å². The van der Waals surface area contributed by atoms with Crippen molar-refractivity contribution < 1.29 is 31.5 Å².